The Balaban J connectivity index is 2.53. The fraction of sp³-hybridized carbons (Fsp3) is 0.846. The van der Waals surface area contributed by atoms with E-state index in [1.165, 1.54) is 6.42 Å². The molecule has 0 aromatic rings. The normalized spacial score (nSPS) is 26.7. The molecule has 15 heavy (non-hydrogen) atoms. The molecule has 0 aromatic heterocycles. The number of hydrogen-bond acceptors (Lipinski definition) is 2. The first-order chi connectivity index (χ1) is 7.19. The molecule has 0 saturated heterocycles. The minimum atomic E-state index is -0.254. The highest BCUT2D eigenvalue weighted by Gasteiger charge is 2.32. The van der Waals surface area contributed by atoms with Crippen LogP contribution in [-0.4, -0.2) is 11.6 Å². The minimum Gasteiger partial charge on any atom is -0.299 e. The zero-order valence-electron chi connectivity index (χ0n) is 9.92. The van der Waals surface area contributed by atoms with Crippen LogP contribution in [0.3, 0.4) is 0 Å². The zero-order chi connectivity index (χ0) is 11.3. The average molecular weight is 210 g/mol. The van der Waals surface area contributed by atoms with Crippen LogP contribution in [0.2, 0.25) is 0 Å². The van der Waals surface area contributed by atoms with Crippen molar-refractivity contribution in [2.24, 2.45) is 11.8 Å². The van der Waals surface area contributed by atoms with Crippen LogP contribution in [0, 0.1) is 11.8 Å². The van der Waals surface area contributed by atoms with E-state index < -0.39 is 0 Å². The van der Waals surface area contributed by atoms with Gasteiger partial charge in [0, 0.05) is 12.8 Å². The SMILES string of the molecule is CCCC(=O)C1CC(CCC)CCC1=O. The van der Waals surface area contributed by atoms with Crippen LogP contribution in [-0.2, 0) is 9.59 Å². The average Bonchev–Trinajstić information content (AvgIpc) is 2.21. The number of ketones is 2. The molecule has 2 atom stereocenters. The van der Waals surface area contributed by atoms with Crippen molar-refractivity contribution >= 4 is 11.6 Å². The van der Waals surface area contributed by atoms with E-state index in [9.17, 15) is 9.59 Å². The Bertz CT molecular complexity index is 233. The number of Topliss-reactive ketones (excluding diaryl/α,β-unsaturated/α-hetero) is 2. The fourth-order valence-electron chi connectivity index (χ4n) is 2.51. The first-order valence-electron chi connectivity index (χ1n) is 6.24. The van der Waals surface area contributed by atoms with Gasteiger partial charge in [0.25, 0.3) is 0 Å². The Morgan fingerprint density at radius 2 is 2.07 bits per heavy atom. The molecule has 0 bridgehead atoms. The van der Waals surface area contributed by atoms with Gasteiger partial charge in [-0.3, -0.25) is 9.59 Å². The van der Waals surface area contributed by atoms with E-state index in [2.05, 4.69) is 6.92 Å². The van der Waals surface area contributed by atoms with Crippen LogP contribution in [0.4, 0.5) is 0 Å². The third-order valence-corrected chi connectivity index (χ3v) is 3.34. The molecule has 2 nitrogen and oxygen atoms in total. The molecule has 1 fully saturated rings. The second-order valence-electron chi connectivity index (χ2n) is 4.66. The standard InChI is InChI=1S/C13H22O2/c1-3-5-10-7-8-13(15)11(9-10)12(14)6-4-2/h10-11H,3-9H2,1-2H3. The summed E-state index contributed by atoms with van der Waals surface area (Å²) in [7, 11) is 0. The summed E-state index contributed by atoms with van der Waals surface area (Å²) in [5, 5.41) is 0. The maximum Gasteiger partial charge on any atom is 0.143 e. The lowest BCUT2D eigenvalue weighted by Gasteiger charge is -2.26. The summed E-state index contributed by atoms with van der Waals surface area (Å²) in [6.07, 6.45) is 6.23. The van der Waals surface area contributed by atoms with Crippen LogP contribution in [0.5, 0.6) is 0 Å². The summed E-state index contributed by atoms with van der Waals surface area (Å²) in [5.74, 6) is 0.734. The van der Waals surface area contributed by atoms with Gasteiger partial charge in [-0.15, -0.1) is 0 Å². The van der Waals surface area contributed by atoms with Crippen molar-refractivity contribution in [3.8, 4) is 0 Å². The van der Waals surface area contributed by atoms with Crippen LogP contribution in [0.1, 0.15) is 58.8 Å². The summed E-state index contributed by atoms with van der Waals surface area (Å²) in [5.41, 5.74) is 0. The summed E-state index contributed by atoms with van der Waals surface area (Å²) >= 11 is 0. The largest absolute Gasteiger partial charge is 0.299 e. The molecule has 0 heterocycles. The third-order valence-electron chi connectivity index (χ3n) is 3.34. The van der Waals surface area contributed by atoms with Crippen LogP contribution in [0.15, 0.2) is 0 Å². The Morgan fingerprint density at radius 3 is 2.67 bits per heavy atom. The highest BCUT2D eigenvalue weighted by molar-refractivity contribution is 6.02. The zero-order valence-corrected chi connectivity index (χ0v) is 9.92. The molecule has 1 aliphatic rings. The van der Waals surface area contributed by atoms with Gasteiger partial charge in [0.1, 0.15) is 11.6 Å². The third kappa shape index (κ3) is 3.44. The van der Waals surface area contributed by atoms with Crippen molar-refractivity contribution in [1.29, 1.82) is 0 Å². The maximum absolute atomic E-state index is 11.7. The molecule has 0 aromatic carbocycles. The Hall–Kier alpha value is -0.660. The van der Waals surface area contributed by atoms with Gasteiger partial charge in [0.2, 0.25) is 0 Å². The van der Waals surface area contributed by atoms with Crippen molar-refractivity contribution in [3.05, 3.63) is 0 Å². The van der Waals surface area contributed by atoms with E-state index in [1.807, 2.05) is 6.92 Å². The molecule has 2 unspecified atom stereocenters. The summed E-state index contributed by atoms with van der Waals surface area (Å²) in [6, 6.07) is 0. The van der Waals surface area contributed by atoms with Crippen molar-refractivity contribution in [2.75, 3.05) is 0 Å². The molecule has 86 valence electrons. The van der Waals surface area contributed by atoms with Crippen molar-refractivity contribution < 1.29 is 9.59 Å². The minimum absolute atomic E-state index is 0.184. The molecule has 0 spiro atoms. The molecule has 1 aliphatic carbocycles. The van der Waals surface area contributed by atoms with Gasteiger partial charge < -0.3 is 0 Å². The summed E-state index contributed by atoms with van der Waals surface area (Å²) in [4.78, 5) is 23.4. The second kappa shape index (κ2) is 6.04. The van der Waals surface area contributed by atoms with E-state index in [-0.39, 0.29) is 17.5 Å². The molecule has 0 amide bonds. The summed E-state index contributed by atoms with van der Waals surface area (Å²) in [6.45, 7) is 4.16. The lowest BCUT2D eigenvalue weighted by molar-refractivity contribution is -0.135. The monoisotopic (exact) mass is 210 g/mol. The molecule has 2 heteroatoms. The highest BCUT2D eigenvalue weighted by atomic mass is 16.1. The first-order valence-corrected chi connectivity index (χ1v) is 6.24. The number of hydrogen-bond donors (Lipinski definition) is 0. The highest BCUT2D eigenvalue weighted by Crippen LogP contribution is 2.30. The van der Waals surface area contributed by atoms with E-state index in [0.29, 0.717) is 18.8 Å². The first kappa shape index (κ1) is 12.4. The molecule has 0 N–H and O–H groups in total. The van der Waals surface area contributed by atoms with E-state index in [0.717, 1.165) is 25.7 Å². The smallest absolute Gasteiger partial charge is 0.143 e. The topological polar surface area (TPSA) is 34.1 Å². The second-order valence-corrected chi connectivity index (χ2v) is 4.66. The van der Waals surface area contributed by atoms with Gasteiger partial charge in [0.15, 0.2) is 0 Å². The van der Waals surface area contributed by atoms with Gasteiger partial charge >= 0.3 is 0 Å². The van der Waals surface area contributed by atoms with Gasteiger partial charge in [-0.2, -0.15) is 0 Å². The lowest BCUT2D eigenvalue weighted by Crippen LogP contribution is -2.31. The van der Waals surface area contributed by atoms with Crippen molar-refractivity contribution in [1.82, 2.24) is 0 Å². The van der Waals surface area contributed by atoms with Crippen molar-refractivity contribution in [3.63, 3.8) is 0 Å². The van der Waals surface area contributed by atoms with Crippen LogP contribution < -0.4 is 0 Å². The van der Waals surface area contributed by atoms with Gasteiger partial charge in [-0.25, -0.2) is 0 Å². The van der Waals surface area contributed by atoms with Crippen LogP contribution >= 0.6 is 0 Å². The van der Waals surface area contributed by atoms with E-state index >= 15 is 0 Å². The molecular formula is C13H22O2. The number of rotatable bonds is 5. The predicted molar refractivity (Wildman–Crippen MR) is 60.7 cm³/mol. The molecular weight excluding hydrogens is 188 g/mol. The molecule has 0 aliphatic heterocycles. The molecule has 1 rings (SSSR count). The maximum atomic E-state index is 11.7. The van der Waals surface area contributed by atoms with E-state index in [1.54, 1.807) is 0 Å². The van der Waals surface area contributed by atoms with Gasteiger partial charge in [-0.1, -0.05) is 26.7 Å². The predicted octanol–water partition coefficient (Wildman–Crippen LogP) is 3.14. The van der Waals surface area contributed by atoms with Gasteiger partial charge in [0.05, 0.1) is 5.92 Å². The van der Waals surface area contributed by atoms with Crippen LogP contribution in [0.25, 0.3) is 0 Å². The lowest BCUT2D eigenvalue weighted by atomic mass is 9.76. The van der Waals surface area contributed by atoms with E-state index in [4.69, 9.17) is 0 Å². The number of carbonyl (C=O) groups is 2. The van der Waals surface area contributed by atoms with Gasteiger partial charge in [-0.05, 0) is 25.2 Å². The number of carbonyl (C=O) groups excluding carboxylic acids is 2. The Kier molecular flexibility index (Phi) is 5.00. The molecule has 1 saturated carbocycles. The quantitative estimate of drug-likeness (QED) is 0.653. The molecule has 0 radical (unpaired) electrons. The summed E-state index contributed by atoms with van der Waals surface area (Å²) < 4.78 is 0. The fourth-order valence-corrected chi connectivity index (χ4v) is 2.51. The van der Waals surface area contributed by atoms with Crippen molar-refractivity contribution in [2.45, 2.75) is 58.8 Å². The Labute approximate surface area is 92.4 Å². The Morgan fingerprint density at radius 1 is 1.33 bits per heavy atom.